The molecule has 0 aromatic rings. The number of hydrogen-bond acceptors (Lipinski definition) is 8. The summed E-state index contributed by atoms with van der Waals surface area (Å²) in [5, 5.41) is 0. The number of hydrogen-bond donors (Lipinski definition) is 0. The van der Waals surface area contributed by atoms with E-state index in [2.05, 4.69) is 57.9 Å². The molecule has 0 heterocycles. The van der Waals surface area contributed by atoms with E-state index < -0.39 is 11.6 Å². The van der Waals surface area contributed by atoms with Crippen molar-refractivity contribution in [1.82, 2.24) is 0 Å². The minimum atomic E-state index is -0.403. The van der Waals surface area contributed by atoms with Gasteiger partial charge in [-0.25, -0.2) is 0 Å². The first kappa shape index (κ1) is 27.4. The van der Waals surface area contributed by atoms with Gasteiger partial charge in [-0.2, -0.15) is 0 Å². The molecule has 0 unspecified atom stereocenters. The maximum Gasteiger partial charge on any atom is 0.262 e. The van der Waals surface area contributed by atoms with Crippen LogP contribution in [0.1, 0.15) is 27.2 Å². The number of Topliss-reactive ketones (excluding diaryl/α,β-unsaturated/α-hetero) is 2. The van der Waals surface area contributed by atoms with Gasteiger partial charge in [-0.05, 0) is 18.8 Å². The Kier molecular flexibility index (Phi) is 10.3. The third kappa shape index (κ3) is 8.40. The van der Waals surface area contributed by atoms with Crippen LogP contribution in [0, 0.1) is 5.41 Å². The summed E-state index contributed by atoms with van der Waals surface area (Å²) in [6.45, 7) is 6.71. The van der Waals surface area contributed by atoms with Crippen molar-refractivity contribution in [2.75, 3.05) is 28.4 Å². The second kappa shape index (κ2) is 12.4. The van der Waals surface area contributed by atoms with E-state index in [4.69, 9.17) is 0 Å². The molecule has 0 atom stereocenters. The molecule has 0 fully saturated rings. The van der Waals surface area contributed by atoms with Crippen LogP contribution in [0.2, 0.25) is 0 Å². The van der Waals surface area contributed by atoms with Crippen LogP contribution in [0.15, 0.2) is 71.1 Å². The number of carbonyl (C=O) groups is 4. The Morgan fingerprint density at radius 1 is 0.667 bits per heavy atom. The SMILES string of the molecule is CC1=CC=CC(C)(C)C1.COC1=CC(=O)C=C(OC)C1=O.COC1=CC(=O)C=C(OC)C1=O. The summed E-state index contributed by atoms with van der Waals surface area (Å²) < 4.78 is 18.7. The van der Waals surface area contributed by atoms with Crippen LogP contribution < -0.4 is 0 Å². The average molecular weight is 459 g/mol. The molecule has 0 spiro atoms. The Morgan fingerprint density at radius 2 is 1.00 bits per heavy atom. The van der Waals surface area contributed by atoms with E-state index in [9.17, 15) is 19.2 Å². The third-order valence-corrected chi connectivity index (χ3v) is 4.53. The Bertz CT molecular complexity index is 872. The first-order valence-corrected chi connectivity index (χ1v) is 10.0. The molecule has 0 aliphatic heterocycles. The third-order valence-electron chi connectivity index (χ3n) is 4.53. The second-order valence-corrected chi connectivity index (χ2v) is 7.85. The van der Waals surface area contributed by atoms with Gasteiger partial charge in [0.1, 0.15) is 0 Å². The summed E-state index contributed by atoms with van der Waals surface area (Å²) in [5.41, 5.74) is 1.89. The molecule has 0 aromatic heterocycles. The number of ether oxygens (including phenoxy) is 4. The predicted molar refractivity (Wildman–Crippen MR) is 122 cm³/mol. The zero-order chi connectivity index (χ0) is 25.2. The summed E-state index contributed by atoms with van der Waals surface area (Å²) in [6.07, 6.45) is 12.3. The molecule has 3 aliphatic carbocycles. The number of carbonyl (C=O) groups excluding carboxylic acids is 4. The maximum atomic E-state index is 11.2. The first-order valence-electron chi connectivity index (χ1n) is 10.0. The van der Waals surface area contributed by atoms with Crippen LogP contribution in [0.3, 0.4) is 0 Å². The Morgan fingerprint density at radius 3 is 1.21 bits per heavy atom. The van der Waals surface area contributed by atoms with Gasteiger partial charge in [0.15, 0.2) is 34.6 Å². The quantitative estimate of drug-likeness (QED) is 0.591. The molecular formula is C25H30O8. The molecule has 0 amide bonds. The van der Waals surface area contributed by atoms with E-state index in [1.54, 1.807) is 0 Å². The van der Waals surface area contributed by atoms with Crippen molar-refractivity contribution in [1.29, 1.82) is 0 Å². The average Bonchev–Trinajstić information content (AvgIpc) is 2.76. The maximum absolute atomic E-state index is 11.2. The van der Waals surface area contributed by atoms with Crippen molar-refractivity contribution in [2.24, 2.45) is 5.41 Å². The minimum absolute atomic E-state index is 0.0133. The summed E-state index contributed by atoms with van der Waals surface area (Å²) >= 11 is 0. The smallest absolute Gasteiger partial charge is 0.262 e. The monoisotopic (exact) mass is 458 g/mol. The molecule has 0 aromatic carbocycles. The highest BCUT2D eigenvalue weighted by atomic mass is 16.5. The summed E-state index contributed by atoms with van der Waals surface area (Å²) in [6, 6.07) is 0. The van der Waals surface area contributed by atoms with Crippen molar-refractivity contribution in [3.8, 4) is 0 Å². The van der Waals surface area contributed by atoms with Crippen LogP contribution in [-0.2, 0) is 38.1 Å². The van der Waals surface area contributed by atoms with Crippen LogP contribution in [0.4, 0.5) is 0 Å². The molecule has 0 radical (unpaired) electrons. The van der Waals surface area contributed by atoms with Gasteiger partial charge in [0.05, 0.1) is 28.4 Å². The van der Waals surface area contributed by atoms with Gasteiger partial charge in [0.25, 0.3) is 11.6 Å². The molecule has 0 saturated carbocycles. The van der Waals surface area contributed by atoms with Gasteiger partial charge in [-0.3, -0.25) is 19.2 Å². The highest BCUT2D eigenvalue weighted by Gasteiger charge is 2.23. The fraction of sp³-hybridized carbons (Fsp3) is 0.360. The van der Waals surface area contributed by atoms with Crippen molar-refractivity contribution in [3.63, 3.8) is 0 Å². The Labute approximate surface area is 193 Å². The number of ketones is 4. The molecule has 0 N–H and O–H groups in total. The van der Waals surface area contributed by atoms with E-state index >= 15 is 0 Å². The van der Waals surface area contributed by atoms with Gasteiger partial charge in [-0.1, -0.05) is 37.6 Å². The van der Waals surface area contributed by atoms with Crippen molar-refractivity contribution < 1.29 is 38.1 Å². The fourth-order valence-corrected chi connectivity index (χ4v) is 3.02. The van der Waals surface area contributed by atoms with E-state index in [1.165, 1.54) is 40.4 Å². The van der Waals surface area contributed by atoms with E-state index in [0.717, 1.165) is 24.3 Å². The van der Waals surface area contributed by atoms with Crippen LogP contribution >= 0.6 is 0 Å². The lowest BCUT2D eigenvalue weighted by atomic mass is 9.83. The number of allylic oxidation sites excluding steroid dienone is 8. The minimum Gasteiger partial charge on any atom is -0.492 e. The molecule has 8 heteroatoms. The zero-order valence-electron chi connectivity index (χ0n) is 20.0. The topological polar surface area (TPSA) is 105 Å². The summed E-state index contributed by atoms with van der Waals surface area (Å²) in [4.78, 5) is 44.2. The Balaban J connectivity index is 0.000000250. The number of rotatable bonds is 4. The van der Waals surface area contributed by atoms with Crippen molar-refractivity contribution in [2.45, 2.75) is 27.2 Å². The van der Waals surface area contributed by atoms with Gasteiger partial charge in [-0.15, -0.1) is 0 Å². The molecular weight excluding hydrogens is 428 g/mol. The molecule has 3 aliphatic rings. The number of methoxy groups -OCH3 is 4. The fourth-order valence-electron chi connectivity index (χ4n) is 3.02. The lowest BCUT2D eigenvalue weighted by Crippen LogP contribution is -2.16. The first-order chi connectivity index (χ1) is 15.5. The van der Waals surface area contributed by atoms with E-state index in [0.29, 0.717) is 5.41 Å². The van der Waals surface area contributed by atoms with Crippen LogP contribution in [0.25, 0.3) is 0 Å². The molecule has 178 valence electrons. The standard InChI is InChI=1S/C9H14.2C8H8O4/c1-8-5-4-6-9(2,3)7-8;2*1-11-6-3-5(9)4-7(12-2)8(6)10/h4-6H,7H2,1-3H3;2*3-4H,1-2H3. The zero-order valence-corrected chi connectivity index (χ0v) is 20.0. The van der Waals surface area contributed by atoms with Gasteiger partial charge in [0, 0.05) is 24.3 Å². The highest BCUT2D eigenvalue weighted by molar-refractivity contribution is 6.18. The van der Waals surface area contributed by atoms with Gasteiger partial charge < -0.3 is 18.9 Å². The van der Waals surface area contributed by atoms with Crippen LogP contribution in [0.5, 0.6) is 0 Å². The lowest BCUT2D eigenvalue weighted by Gasteiger charge is -2.22. The van der Waals surface area contributed by atoms with Gasteiger partial charge >= 0.3 is 0 Å². The highest BCUT2D eigenvalue weighted by Crippen LogP contribution is 2.29. The van der Waals surface area contributed by atoms with Gasteiger partial charge in [0.2, 0.25) is 0 Å². The molecule has 33 heavy (non-hydrogen) atoms. The summed E-state index contributed by atoms with van der Waals surface area (Å²) in [5.74, 6) is -1.36. The molecule has 0 saturated heterocycles. The Hall–Kier alpha value is -3.68. The largest absolute Gasteiger partial charge is 0.492 e. The summed E-state index contributed by atoms with van der Waals surface area (Å²) in [7, 11) is 5.32. The predicted octanol–water partition coefficient (Wildman–Crippen LogP) is 3.32. The van der Waals surface area contributed by atoms with E-state index in [-0.39, 0.29) is 34.6 Å². The second-order valence-electron chi connectivity index (χ2n) is 7.85. The molecule has 8 nitrogen and oxygen atoms in total. The van der Waals surface area contributed by atoms with Crippen molar-refractivity contribution >= 4 is 23.1 Å². The van der Waals surface area contributed by atoms with Crippen LogP contribution in [-0.4, -0.2) is 51.6 Å². The van der Waals surface area contributed by atoms with E-state index in [1.807, 2.05) is 0 Å². The van der Waals surface area contributed by atoms with Crippen molar-refractivity contribution in [3.05, 3.63) is 71.1 Å². The normalized spacial score (nSPS) is 18.7. The molecule has 3 rings (SSSR count). The lowest BCUT2D eigenvalue weighted by molar-refractivity contribution is -0.120. The molecule has 0 bridgehead atoms.